The number of nitriles is 1. The number of hydrogen-bond donors (Lipinski definition) is 0. The predicted molar refractivity (Wildman–Crippen MR) is 96.8 cm³/mol. The van der Waals surface area contributed by atoms with Gasteiger partial charge in [-0.15, -0.1) is 0 Å². The molecule has 3 rings (SSSR count). The highest BCUT2D eigenvalue weighted by molar-refractivity contribution is 6.00. The summed E-state index contributed by atoms with van der Waals surface area (Å²) in [6.07, 6.45) is -0.177. The monoisotopic (exact) mass is 370 g/mol. The van der Waals surface area contributed by atoms with Crippen molar-refractivity contribution >= 4 is 23.6 Å². The first-order chi connectivity index (χ1) is 13.0. The third-order valence-electron chi connectivity index (χ3n) is 4.90. The molecule has 0 saturated carbocycles. The number of benzene rings is 1. The Hall–Kier alpha value is -3.08. The fourth-order valence-electron chi connectivity index (χ4n) is 3.42. The summed E-state index contributed by atoms with van der Waals surface area (Å²) in [5.41, 5.74) is 1.22. The van der Waals surface area contributed by atoms with E-state index in [4.69, 9.17) is 10.00 Å². The third-order valence-corrected chi connectivity index (χ3v) is 4.90. The van der Waals surface area contributed by atoms with Gasteiger partial charge in [0, 0.05) is 44.8 Å². The fourth-order valence-corrected chi connectivity index (χ4v) is 3.42. The summed E-state index contributed by atoms with van der Waals surface area (Å²) in [5.74, 6) is -0.534. The van der Waals surface area contributed by atoms with Crippen LogP contribution in [-0.4, -0.2) is 67.0 Å². The van der Waals surface area contributed by atoms with Gasteiger partial charge in [0.1, 0.15) is 0 Å². The Balaban J connectivity index is 1.58. The van der Waals surface area contributed by atoms with Crippen molar-refractivity contribution < 1.29 is 19.1 Å². The van der Waals surface area contributed by atoms with E-state index in [-0.39, 0.29) is 30.2 Å². The maximum Gasteiger partial charge on any atom is 0.409 e. The molecule has 0 aliphatic carbocycles. The Morgan fingerprint density at radius 1 is 1.15 bits per heavy atom. The highest BCUT2D eigenvalue weighted by atomic mass is 16.6. The lowest BCUT2D eigenvalue weighted by Crippen LogP contribution is -2.52. The number of hydrogen-bond acceptors (Lipinski definition) is 5. The van der Waals surface area contributed by atoms with E-state index in [2.05, 4.69) is 0 Å². The van der Waals surface area contributed by atoms with Crippen molar-refractivity contribution in [2.24, 2.45) is 5.92 Å². The number of ether oxygens (including phenoxy) is 1. The van der Waals surface area contributed by atoms with Gasteiger partial charge in [-0.2, -0.15) is 5.26 Å². The van der Waals surface area contributed by atoms with Gasteiger partial charge in [0.25, 0.3) is 0 Å². The first-order valence-corrected chi connectivity index (χ1v) is 9.04. The molecule has 3 amide bonds. The number of carbonyl (C=O) groups excluding carboxylic acids is 3. The molecule has 27 heavy (non-hydrogen) atoms. The number of carbonyl (C=O) groups is 3. The van der Waals surface area contributed by atoms with E-state index < -0.39 is 0 Å². The van der Waals surface area contributed by atoms with Gasteiger partial charge in [-0.1, -0.05) is 0 Å². The lowest BCUT2D eigenvalue weighted by Gasteiger charge is -2.35. The summed E-state index contributed by atoms with van der Waals surface area (Å²) < 4.78 is 4.98. The number of rotatable bonds is 3. The molecule has 0 bridgehead atoms. The quantitative estimate of drug-likeness (QED) is 0.797. The van der Waals surface area contributed by atoms with Crippen molar-refractivity contribution in [1.82, 2.24) is 9.80 Å². The second-order valence-corrected chi connectivity index (χ2v) is 6.58. The molecule has 2 aliphatic heterocycles. The Bertz CT molecular complexity index is 763. The van der Waals surface area contributed by atoms with Crippen molar-refractivity contribution in [2.75, 3.05) is 44.2 Å². The summed E-state index contributed by atoms with van der Waals surface area (Å²) in [5, 5.41) is 8.87. The van der Waals surface area contributed by atoms with Crippen molar-refractivity contribution in [3.8, 4) is 6.07 Å². The topological polar surface area (TPSA) is 93.9 Å². The maximum absolute atomic E-state index is 12.8. The Kier molecular flexibility index (Phi) is 5.60. The van der Waals surface area contributed by atoms with Gasteiger partial charge in [-0.05, 0) is 31.2 Å². The number of piperazine rings is 1. The van der Waals surface area contributed by atoms with Crippen LogP contribution in [0, 0.1) is 17.2 Å². The number of nitrogens with zero attached hydrogens (tertiary/aromatic N) is 4. The summed E-state index contributed by atoms with van der Waals surface area (Å²) >= 11 is 0. The largest absolute Gasteiger partial charge is 0.450 e. The molecule has 2 heterocycles. The summed E-state index contributed by atoms with van der Waals surface area (Å²) in [4.78, 5) is 41.8. The molecule has 0 aromatic heterocycles. The molecule has 1 unspecified atom stereocenters. The second kappa shape index (κ2) is 8.08. The van der Waals surface area contributed by atoms with E-state index >= 15 is 0 Å². The molecular weight excluding hydrogens is 348 g/mol. The van der Waals surface area contributed by atoms with Crippen LogP contribution in [0.1, 0.15) is 18.9 Å². The van der Waals surface area contributed by atoms with E-state index in [1.54, 1.807) is 45.9 Å². The molecule has 0 radical (unpaired) electrons. The van der Waals surface area contributed by atoms with Crippen LogP contribution in [0.4, 0.5) is 10.5 Å². The zero-order valence-electron chi connectivity index (χ0n) is 15.3. The third kappa shape index (κ3) is 4.03. The number of anilines is 1. The van der Waals surface area contributed by atoms with Gasteiger partial charge in [0.15, 0.2) is 0 Å². The Morgan fingerprint density at radius 3 is 2.37 bits per heavy atom. The molecule has 1 aromatic carbocycles. The molecule has 2 aliphatic rings. The minimum atomic E-state index is -0.387. The molecule has 0 spiro atoms. The summed E-state index contributed by atoms with van der Waals surface area (Å²) in [6, 6.07) is 8.81. The van der Waals surface area contributed by atoms with Gasteiger partial charge < -0.3 is 19.4 Å². The SMILES string of the molecule is CCOC(=O)N1CCN(C(=O)C2CC(=O)N(c3ccc(C#N)cc3)C2)CC1. The molecule has 1 atom stereocenters. The van der Waals surface area contributed by atoms with E-state index in [0.717, 1.165) is 0 Å². The van der Waals surface area contributed by atoms with E-state index in [9.17, 15) is 14.4 Å². The zero-order valence-corrected chi connectivity index (χ0v) is 15.3. The summed E-state index contributed by atoms with van der Waals surface area (Å²) in [6.45, 7) is 4.18. The fraction of sp³-hybridized carbons (Fsp3) is 0.474. The van der Waals surface area contributed by atoms with Gasteiger partial charge >= 0.3 is 6.09 Å². The van der Waals surface area contributed by atoms with Crippen LogP contribution < -0.4 is 4.90 Å². The van der Waals surface area contributed by atoms with E-state index in [0.29, 0.717) is 50.6 Å². The van der Waals surface area contributed by atoms with Crippen LogP contribution in [0.25, 0.3) is 0 Å². The molecule has 2 saturated heterocycles. The van der Waals surface area contributed by atoms with Crippen LogP contribution in [0.2, 0.25) is 0 Å². The Labute approximate surface area is 157 Å². The standard InChI is InChI=1S/C19H22N4O4/c1-2-27-19(26)22-9-7-21(8-10-22)18(25)15-11-17(24)23(13-15)16-5-3-14(12-20)4-6-16/h3-6,15H,2,7-11,13H2,1H3. The van der Waals surface area contributed by atoms with Gasteiger partial charge in [0.05, 0.1) is 24.2 Å². The van der Waals surface area contributed by atoms with Crippen LogP contribution in [-0.2, 0) is 14.3 Å². The first kappa shape index (κ1) is 18.7. The van der Waals surface area contributed by atoms with Crippen LogP contribution in [0.3, 0.4) is 0 Å². The van der Waals surface area contributed by atoms with Crippen LogP contribution in [0.15, 0.2) is 24.3 Å². The van der Waals surface area contributed by atoms with E-state index in [1.165, 1.54) is 0 Å². The zero-order chi connectivity index (χ0) is 19.4. The first-order valence-electron chi connectivity index (χ1n) is 9.04. The van der Waals surface area contributed by atoms with Crippen molar-refractivity contribution in [2.45, 2.75) is 13.3 Å². The normalized spacial score (nSPS) is 19.8. The average Bonchev–Trinajstić information content (AvgIpc) is 3.09. The van der Waals surface area contributed by atoms with Crippen molar-refractivity contribution in [1.29, 1.82) is 5.26 Å². The minimum Gasteiger partial charge on any atom is -0.450 e. The van der Waals surface area contributed by atoms with Crippen molar-refractivity contribution in [3.63, 3.8) is 0 Å². The second-order valence-electron chi connectivity index (χ2n) is 6.58. The molecule has 8 nitrogen and oxygen atoms in total. The molecular formula is C19H22N4O4. The highest BCUT2D eigenvalue weighted by Crippen LogP contribution is 2.27. The molecule has 1 aromatic rings. The predicted octanol–water partition coefficient (Wildman–Crippen LogP) is 1.21. The molecule has 0 N–H and O–H groups in total. The van der Waals surface area contributed by atoms with Crippen LogP contribution >= 0.6 is 0 Å². The highest BCUT2D eigenvalue weighted by Gasteiger charge is 2.38. The molecule has 2 fully saturated rings. The van der Waals surface area contributed by atoms with E-state index in [1.807, 2.05) is 6.07 Å². The molecule has 8 heteroatoms. The van der Waals surface area contributed by atoms with Gasteiger partial charge in [-0.3, -0.25) is 9.59 Å². The minimum absolute atomic E-state index is 0.0528. The smallest absolute Gasteiger partial charge is 0.409 e. The lowest BCUT2D eigenvalue weighted by atomic mass is 10.1. The number of amides is 3. The molecule has 142 valence electrons. The van der Waals surface area contributed by atoms with Gasteiger partial charge in [-0.25, -0.2) is 4.79 Å². The lowest BCUT2D eigenvalue weighted by molar-refractivity contribution is -0.137. The van der Waals surface area contributed by atoms with Crippen LogP contribution in [0.5, 0.6) is 0 Å². The average molecular weight is 370 g/mol. The van der Waals surface area contributed by atoms with Crippen molar-refractivity contribution in [3.05, 3.63) is 29.8 Å². The summed E-state index contributed by atoms with van der Waals surface area (Å²) in [7, 11) is 0. The maximum atomic E-state index is 12.8. The Morgan fingerprint density at radius 2 is 1.78 bits per heavy atom. The van der Waals surface area contributed by atoms with Gasteiger partial charge in [0.2, 0.25) is 11.8 Å².